The van der Waals surface area contributed by atoms with E-state index in [1.807, 2.05) is 30.3 Å². The fraction of sp³-hybridized carbons (Fsp3) is 0.0417. The Hall–Kier alpha value is -4.06. The van der Waals surface area contributed by atoms with Crippen LogP contribution in [-0.2, 0) is 6.54 Å². The van der Waals surface area contributed by atoms with E-state index in [2.05, 4.69) is 15.3 Å². The third kappa shape index (κ3) is 4.86. The molecule has 4 aromatic rings. The zero-order valence-electron chi connectivity index (χ0n) is 16.0. The Morgan fingerprint density at radius 3 is 2.50 bits per heavy atom. The predicted molar refractivity (Wildman–Crippen MR) is 112 cm³/mol. The summed E-state index contributed by atoms with van der Waals surface area (Å²) >= 11 is 0. The maximum absolute atomic E-state index is 13.0. The molecule has 0 bridgehead atoms. The third-order valence-electron chi connectivity index (χ3n) is 4.40. The van der Waals surface area contributed by atoms with Crippen molar-refractivity contribution in [2.24, 2.45) is 0 Å². The highest BCUT2D eigenvalue weighted by Crippen LogP contribution is 2.24. The smallest absolute Gasteiger partial charge is 0.251 e. The topological polar surface area (TPSA) is 64.1 Å². The normalized spacial score (nSPS) is 10.4. The van der Waals surface area contributed by atoms with Gasteiger partial charge < -0.3 is 10.1 Å². The van der Waals surface area contributed by atoms with Crippen LogP contribution in [0.5, 0.6) is 11.6 Å². The van der Waals surface area contributed by atoms with Crippen LogP contribution in [0.15, 0.2) is 91.3 Å². The molecule has 1 aromatic heterocycles. The maximum Gasteiger partial charge on any atom is 0.251 e. The minimum Gasteiger partial charge on any atom is -0.439 e. The number of hydrogen-bond acceptors (Lipinski definition) is 4. The van der Waals surface area contributed by atoms with Gasteiger partial charge in [0.2, 0.25) is 5.88 Å². The van der Waals surface area contributed by atoms with Gasteiger partial charge in [0, 0.05) is 23.7 Å². The molecular weight excluding hydrogens is 381 g/mol. The van der Waals surface area contributed by atoms with Crippen molar-refractivity contribution in [3.63, 3.8) is 0 Å². The Bertz CT molecular complexity index is 1150. The number of carbonyl (C=O) groups excluding carboxylic acids is 1. The molecule has 1 heterocycles. The van der Waals surface area contributed by atoms with E-state index < -0.39 is 0 Å². The standard InChI is InChI=1S/C24H18FN3O2/c25-20-11-9-17(10-12-20)15-26-24(29)19-7-4-8-21(13-19)30-23-14-22(27-16-28-23)18-5-2-1-3-6-18/h1-14,16H,15H2,(H,26,29). The van der Waals surface area contributed by atoms with Gasteiger partial charge in [-0.2, -0.15) is 0 Å². The van der Waals surface area contributed by atoms with Crippen molar-refractivity contribution < 1.29 is 13.9 Å². The van der Waals surface area contributed by atoms with Crippen LogP contribution in [0.25, 0.3) is 11.3 Å². The molecule has 6 heteroatoms. The number of amides is 1. The van der Waals surface area contributed by atoms with Gasteiger partial charge in [0.15, 0.2) is 0 Å². The monoisotopic (exact) mass is 399 g/mol. The molecule has 0 saturated heterocycles. The lowest BCUT2D eigenvalue weighted by Gasteiger charge is -2.09. The van der Waals surface area contributed by atoms with Gasteiger partial charge in [-0.3, -0.25) is 4.79 Å². The predicted octanol–water partition coefficient (Wildman–Crippen LogP) is 5.01. The molecule has 0 spiro atoms. The molecule has 0 aliphatic heterocycles. The summed E-state index contributed by atoms with van der Waals surface area (Å²) in [5, 5.41) is 2.81. The van der Waals surface area contributed by atoms with Gasteiger partial charge in [-0.15, -0.1) is 0 Å². The van der Waals surface area contributed by atoms with E-state index in [1.165, 1.54) is 18.5 Å². The number of hydrogen-bond donors (Lipinski definition) is 1. The summed E-state index contributed by atoms with van der Waals surface area (Å²) in [7, 11) is 0. The third-order valence-corrected chi connectivity index (χ3v) is 4.40. The number of nitrogens with zero attached hydrogens (tertiary/aromatic N) is 2. The lowest BCUT2D eigenvalue weighted by molar-refractivity contribution is 0.0950. The van der Waals surface area contributed by atoms with Crippen molar-refractivity contribution in [3.05, 3.63) is 108 Å². The molecular formula is C24H18FN3O2. The van der Waals surface area contributed by atoms with E-state index in [9.17, 15) is 9.18 Å². The average Bonchev–Trinajstić information content (AvgIpc) is 2.79. The minimum atomic E-state index is -0.310. The van der Waals surface area contributed by atoms with E-state index in [4.69, 9.17) is 4.74 Å². The highest BCUT2D eigenvalue weighted by atomic mass is 19.1. The van der Waals surface area contributed by atoms with Crippen molar-refractivity contribution in [3.8, 4) is 22.9 Å². The van der Waals surface area contributed by atoms with Crippen LogP contribution in [0.2, 0.25) is 0 Å². The molecule has 0 aliphatic carbocycles. The van der Waals surface area contributed by atoms with Gasteiger partial charge in [0.1, 0.15) is 17.9 Å². The maximum atomic E-state index is 13.0. The molecule has 0 unspecified atom stereocenters. The summed E-state index contributed by atoms with van der Waals surface area (Å²) in [5.41, 5.74) is 2.96. The molecule has 1 N–H and O–H groups in total. The first kappa shape index (κ1) is 19.3. The zero-order chi connectivity index (χ0) is 20.8. The van der Waals surface area contributed by atoms with E-state index in [-0.39, 0.29) is 11.7 Å². The van der Waals surface area contributed by atoms with Crippen LogP contribution < -0.4 is 10.1 Å². The highest BCUT2D eigenvalue weighted by Gasteiger charge is 2.09. The Morgan fingerprint density at radius 2 is 1.70 bits per heavy atom. The highest BCUT2D eigenvalue weighted by molar-refractivity contribution is 5.94. The molecule has 0 fully saturated rings. The molecule has 30 heavy (non-hydrogen) atoms. The molecule has 4 rings (SSSR count). The van der Waals surface area contributed by atoms with Crippen molar-refractivity contribution in [2.45, 2.75) is 6.54 Å². The largest absolute Gasteiger partial charge is 0.439 e. The lowest BCUT2D eigenvalue weighted by Crippen LogP contribution is -2.22. The summed E-state index contributed by atoms with van der Waals surface area (Å²) in [4.78, 5) is 20.9. The number of aromatic nitrogens is 2. The van der Waals surface area contributed by atoms with Crippen LogP contribution >= 0.6 is 0 Å². The van der Waals surface area contributed by atoms with Gasteiger partial charge >= 0.3 is 0 Å². The number of benzene rings is 3. The van der Waals surface area contributed by atoms with Gasteiger partial charge in [-0.25, -0.2) is 14.4 Å². The first-order valence-electron chi connectivity index (χ1n) is 9.35. The fourth-order valence-corrected chi connectivity index (χ4v) is 2.87. The van der Waals surface area contributed by atoms with Gasteiger partial charge in [0.05, 0.1) is 5.69 Å². The van der Waals surface area contributed by atoms with E-state index >= 15 is 0 Å². The second kappa shape index (κ2) is 8.96. The van der Waals surface area contributed by atoms with Crippen LogP contribution in [-0.4, -0.2) is 15.9 Å². The van der Waals surface area contributed by atoms with Gasteiger partial charge in [0.25, 0.3) is 5.91 Å². The first-order valence-corrected chi connectivity index (χ1v) is 9.35. The Labute approximate surface area is 173 Å². The summed E-state index contributed by atoms with van der Waals surface area (Å²) in [6, 6.07) is 24.3. The first-order chi connectivity index (χ1) is 14.7. The molecule has 0 aliphatic rings. The Morgan fingerprint density at radius 1 is 0.900 bits per heavy atom. The molecule has 0 saturated carbocycles. The molecule has 5 nitrogen and oxygen atoms in total. The molecule has 1 amide bonds. The average molecular weight is 399 g/mol. The minimum absolute atomic E-state index is 0.252. The summed E-state index contributed by atoms with van der Waals surface area (Å²) in [5.74, 6) is 0.308. The second-order valence-electron chi connectivity index (χ2n) is 6.55. The van der Waals surface area contributed by atoms with Crippen LogP contribution in [0.4, 0.5) is 4.39 Å². The van der Waals surface area contributed by atoms with E-state index in [1.54, 1.807) is 42.5 Å². The quantitative estimate of drug-likeness (QED) is 0.495. The van der Waals surface area contributed by atoms with Crippen molar-refractivity contribution in [1.82, 2.24) is 15.3 Å². The fourth-order valence-electron chi connectivity index (χ4n) is 2.87. The molecule has 148 valence electrons. The van der Waals surface area contributed by atoms with Crippen LogP contribution in [0.1, 0.15) is 15.9 Å². The molecule has 0 radical (unpaired) electrons. The summed E-state index contributed by atoms with van der Waals surface area (Å²) in [6.45, 7) is 0.302. The number of ether oxygens (including phenoxy) is 1. The van der Waals surface area contributed by atoms with Gasteiger partial charge in [-0.1, -0.05) is 48.5 Å². The summed E-state index contributed by atoms with van der Waals surface area (Å²) in [6.07, 6.45) is 1.44. The number of rotatable bonds is 6. The number of carbonyl (C=O) groups is 1. The van der Waals surface area contributed by atoms with E-state index in [0.29, 0.717) is 23.7 Å². The van der Waals surface area contributed by atoms with Crippen LogP contribution in [0, 0.1) is 5.82 Å². The van der Waals surface area contributed by atoms with Crippen molar-refractivity contribution in [2.75, 3.05) is 0 Å². The number of nitrogens with one attached hydrogen (secondary N) is 1. The van der Waals surface area contributed by atoms with Crippen LogP contribution in [0.3, 0.4) is 0 Å². The lowest BCUT2D eigenvalue weighted by atomic mass is 10.1. The molecule has 3 aromatic carbocycles. The number of halogens is 1. The van der Waals surface area contributed by atoms with E-state index in [0.717, 1.165) is 16.8 Å². The summed E-state index contributed by atoms with van der Waals surface area (Å²) < 4.78 is 18.8. The van der Waals surface area contributed by atoms with Crippen molar-refractivity contribution in [1.29, 1.82) is 0 Å². The zero-order valence-corrected chi connectivity index (χ0v) is 16.0. The molecule has 0 atom stereocenters. The second-order valence-corrected chi connectivity index (χ2v) is 6.55. The SMILES string of the molecule is O=C(NCc1ccc(F)cc1)c1cccc(Oc2cc(-c3ccccc3)ncn2)c1. The Balaban J connectivity index is 1.44. The van der Waals surface area contributed by atoms with Gasteiger partial charge in [-0.05, 0) is 35.9 Å². The Kier molecular flexibility index (Phi) is 5.75. The van der Waals surface area contributed by atoms with Crippen molar-refractivity contribution >= 4 is 5.91 Å².